The number of ketones is 1. The van der Waals surface area contributed by atoms with Gasteiger partial charge in [-0.15, -0.1) is 0 Å². The molecule has 2 heterocycles. The first kappa shape index (κ1) is 12.9. The molecule has 20 heavy (non-hydrogen) atoms. The number of oxazole rings is 1. The summed E-state index contributed by atoms with van der Waals surface area (Å²) in [5, 5.41) is 0.572. The first-order valence-corrected chi connectivity index (χ1v) is 7.10. The summed E-state index contributed by atoms with van der Waals surface area (Å²) in [4.78, 5) is 20.9. The molecule has 4 nitrogen and oxygen atoms in total. The van der Waals surface area contributed by atoms with E-state index in [-0.39, 0.29) is 5.78 Å². The first-order valence-electron chi connectivity index (χ1n) is 6.29. The Morgan fingerprint density at radius 1 is 1.25 bits per heavy atom. The van der Waals surface area contributed by atoms with Gasteiger partial charge in [-0.1, -0.05) is 19.1 Å². The smallest absolute Gasteiger partial charge is 0.261 e. The van der Waals surface area contributed by atoms with Gasteiger partial charge in [0.2, 0.25) is 0 Å². The topological polar surface area (TPSA) is 56.0 Å². The number of Topliss-reactive ketones (excluding diaryl/α,β-unsaturated/α-hetero) is 1. The lowest BCUT2D eigenvalue weighted by Gasteiger charge is -1.99. The number of nitrogens with zero attached hydrogens (tertiary/aromatic N) is 2. The van der Waals surface area contributed by atoms with E-state index >= 15 is 0 Å². The minimum absolute atomic E-state index is 0.0448. The summed E-state index contributed by atoms with van der Waals surface area (Å²) in [6.07, 6.45) is 2.13. The zero-order valence-corrected chi connectivity index (χ0v) is 11.7. The molecule has 0 saturated heterocycles. The second-order valence-electron chi connectivity index (χ2n) is 4.21. The largest absolute Gasteiger partial charge is 0.431 e. The number of carbonyl (C=O) groups is 1. The lowest BCUT2D eigenvalue weighted by molar-refractivity contribution is 0.0983. The SMILES string of the molecule is CCC(=O)c1ccc(Sc2nc3ccccc3o2)cn1. The van der Waals surface area contributed by atoms with E-state index in [0.717, 1.165) is 16.0 Å². The lowest BCUT2D eigenvalue weighted by Crippen LogP contribution is -1.99. The van der Waals surface area contributed by atoms with Crippen LogP contribution in [-0.2, 0) is 0 Å². The molecule has 0 aliphatic heterocycles. The van der Waals surface area contributed by atoms with Gasteiger partial charge in [0.1, 0.15) is 11.2 Å². The molecule has 100 valence electrons. The van der Waals surface area contributed by atoms with E-state index in [0.29, 0.717) is 17.3 Å². The molecule has 0 radical (unpaired) electrons. The van der Waals surface area contributed by atoms with E-state index in [9.17, 15) is 4.79 Å². The van der Waals surface area contributed by atoms with Crippen LogP contribution in [-0.4, -0.2) is 15.8 Å². The van der Waals surface area contributed by atoms with Crippen LogP contribution >= 0.6 is 11.8 Å². The Morgan fingerprint density at radius 2 is 2.10 bits per heavy atom. The average Bonchev–Trinajstić information content (AvgIpc) is 2.89. The van der Waals surface area contributed by atoms with E-state index < -0.39 is 0 Å². The van der Waals surface area contributed by atoms with Crippen LogP contribution in [0.1, 0.15) is 23.8 Å². The van der Waals surface area contributed by atoms with Crippen molar-refractivity contribution in [3.05, 3.63) is 48.3 Å². The van der Waals surface area contributed by atoms with Gasteiger partial charge in [-0.05, 0) is 36.0 Å². The number of hydrogen-bond acceptors (Lipinski definition) is 5. The van der Waals surface area contributed by atoms with Crippen molar-refractivity contribution in [2.24, 2.45) is 0 Å². The van der Waals surface area contributed by atoms with Crippen molar-refractivity contribution in [2.45, 2.75) is 23.5 Å². The number of rotatable bonds is 4. The summed E-state index contributed by atoms with van der Waals surface area (Å²) in [6.45, 7) is 1.82. The normalized spacial score (nSPS) is 10.8. The number of pyridine rings is 1. The highest BCUT2D eigenvalue weighted by molar-refractivity contribution is 7.99. The van der Waals surface area contributed by atoms with Gasteiger partial charge in [0, 0.05) is 17.5 Å². The number of aromatic nitrogens is 2. The van der Waals surface area contributed by atoms with Gasteiger partial charge >= 0.3 is 0 Å². The van der Waals surface area contributed by atoms with Crippen molar-refractivity contribution in [3.63, 3.8) is 0 Å². The molecule has 0 atom stereocenters. The Hall–Kier alpha value is -2.14. The number of hydrogen-bond donors (Lipinski definition) is 0. The van der Waals surface area contributed by atoms with Gasteiger partial charge in [-0.3, -0.25) is 9.78 Å². The van der Waals surface area contributed by atoms with Crippen LogP contribution in [0.5, 0.6) is 0 Å². The number of para-hydroxylation sites is 2. The third-order valence-corrected chi connectivity index (χ3v) is 3.65. The zero-order chi connectivity index (χ0) is 13.9. The Kier molecular flexibility index (Phi) is 3.52. The van der Waals surface area contributed by atoms with Crippen molar-refractivity contribution >= 4 is 28.6 Å². The summed E-state index contributed by atoms with van der Waals surface area (Å²) in [5.41, 5.74) is 2.09. The molecule has 1 aromatic carbocycles. The molecule has 0 spiro atoms. The van der Waals surface area contributed by atoms with Gasteiger partial charge in [0.05, 0.1) is 0 Å². The van der Waals surface area contributed by atoms with Gasteiger partial charge in [-0.25, -0.2) is 4.98 Å². The van der Waals surface area contributed by atoms with Crippen molar-refractivity contribution < 1.29 is 9.21 Å². The number of fused-ring (bicyclic) bond motifs is 1. The van der Waals surface area contributed by atoms with Gasteiger partial charge in [-0.2, -0.15) is 0 Å². The molecule has 3 rings (SSSR count). The van der Waals surface area contributed by atoms with E-state index in [1.165, 1.54) is 11.8 Å². The standard InChI is InChI=1S/C15H12N2O2S/c1-2-13(18)11-8-7-10(9-16-11)20-15-17-12-5-3-4-6-14(12)19-15/h3-9H,2H2,1H3. The van der Waals surface area contributed by atoms with E-state index in [1.807, 2.05) is 37.3 Å². The second kappa shape index (κ2) is 5.46. The molecule has 0 amide bonds. The molecule has 0 unspecified atom stereocenters. The molecule has 0 N–H and O–H groups in total. The molecule has 0 saturated carbocycles. The Balaban J connectivity index is 1.82. The van der Waals surface area contributed by atoms with Crippen molar-refractivity contribution in [1.29, 1.82) is 0 Å². The molecule has 3 aromatic rings. The van der Waals surface area contributed by atoms with Crippen LogP contribution in [0.2, 0.25) is 0 Å². The highest BCUT2D eigenvalue weighted by Gasteiger charge is 2.09. The second-order valence-corrected chi connectivity index (χ2v) is 5.23. The van der Waals surface area contributed by atoms with Crippen molar-refractivity contribution in [2.75, 3.05) is 0 Å². The summed E-state index contributed by atoms with van der Waals surface area (Å²) in [5.74, 6) is 0.0448. The fraction of sp³-hybridized carbons (Fsp3) is 0.133. The van der Waals surface area contributed by atoms with E-state index in [4.69, 9.17) is 4.42 Å². The summed E-state index contributed by atoms with van der Waals surface area (Å²) < 4.78 is 5.63. The highest BCUT2D eigenvalue weighted by Crippen LogP contribution is 2.29. The average molecular weight is 284 g/mol. The van der Waals surface area contributed by atoms with Crippen LogP contribution in [0.25, 0.3) is 11.1 Å². The summed E-state index contributed by atoms with van der Waals surface area (Å²) in [7, 11) is 0. The third-order valence-electron chi connectivity index (χ3n) is 2.82. The maximum atomic E-state index is 11.5. The lowest BCUT2D eigenvalue weighted by atomic mass is 10.2. The Bertz CT molecular complexity index is 717. The minimum atomic E-state index is 0.0448. The molecule has 0 fully saturated rings. The monoisotopic (exact) mass is 284 g/mol. The van der Waals surface area contributed by atoms with Crippen molar-refractivity contribution in [1.82, 2.24) is 9.97 Å². The Morgan fingerprint density at radius 3 is 2.80 bits per heavy atom. The molecular formula is C15H12N2O2S. The number of carbonyl (C=O) groups excluding carboxylic acids is 1. The van der Waals surface area contributed by atoms with Crippen LogP contribution in [0.3, 0.4) is 0 Å². The third kappa shape index (κ3) is 2.58. The van der Waals surface area contributed by atoms with Gasteiger partial charge < -0.3 is 4.42 Å². The first-order chi connectivity index (χ1) is 9.76. The minimum Gasteiger partial charge on any atom is -0.431 e. The molecule has 0 aliphatic rings. The predicted molar refractivity (Wildman–Crippen MR) is 77.0 cm³/mol. The van der Waals surface area contributed by atoms with Crippen LogP contribution in [0.4, 0.5) is 0 Å². The van der Waals surface area contributed by atoms with E-state index in [1.54, 1.807) is 12.3 Å². The summed E-state index contributed by atoms with van der Waals surface area (Å²) >= 11 is 1.39. The number of benzene rings is 1. The quantitative estimate of drug-likeness (QED) is 0.678. The predicted octanol–water partition coefficient (Wildman–Crippen LogP) is 3.97. The van der Waals surface area contributed by atoms with Gasteiger partial charge in [0.15, 0.2) is 11.4 Å². The van der Waals surface area contributed by atoms with Crippen molar-refractivity contribution in [3.8, 4) is 0 Å². The van der Waals surface area contributed by atoms with Crippen LogP contribution in [0, 0.1) is 0 Å². The molecule has 0 bridgehead atoms. The fourth-order valence-electron chi connectivity index (χ4n) is 1.78. The van der Waals surface area contributed by atoms with E-state index in [2.05, 4.69) is 9.97 Å². The highest BCUT2D eigenvalue weighted by atomic mass is 32.2. The molecule has 5 heteroatoms. The van der Waals surface area contributed by atoms with Crippen LogP contribution in [0.15, 0.2) is 57.1 Å². The Labute approximate surface area is 120 Å². The maximum Gasteiger partial charge on any atom is 0.261 e. The molecule has 2 aromatic heterocycles. The molecule has 0 aliphatic carbocycles. The van der Waals surface area contributed by atoms with Gasteiger partial charge in [0.25, 0.3) is 5.22 Å². The fourth-order valence-corrected chi connectivity index (χ4v) is 2.50. The van der Waals surface area contributed by atoms with Crippen LogP contribution < -0.4 is 0 Å². The molecular weight excluding hydrogens is 272 g/mol. The summed E-state index contributed by atoms with van der Waals surface area (Å²) in [6, 6.07) is 11.2. The zero-order valence-electron chi connectivity index (χ0n) is 10.9. The maximum absolute atomic E-state index is 11.5.